The molecule has 1 aromatic rings. The lowest BCUT2D eigenvalue weighted by atomic mass is 10.0. The van der Waals surface area contributed by atoms with Gasteiger partial charge in [-0.25, -0.2) is 0 Å². The molecule has 0 spiro atoms. The predicted molar refractivity (Wildman–Crippen MR) is 82.0 cm³/mol. The summed E-state index contributed by atoms with van der Waals surface area (Å²) in [5.41, 5.74) is 1.29. The van der Waals surface area contributed by atoms with Crippen molar-refractivity contribution in [1.82, 2.24) is 15.1 Å². The van der Waals surface area contributed by atoms with Gasteiger partial charge in [0.2, 0.25) is 0 Å². The Bertz CT molecular complexity index is 355. The van der Waals surface area contributed by atoms with Gasteiger partial charge in [-0.1, -0.05) is 13.3 Å². The minimum absolute atomic E-state index is 0.414. The molecule has 1 aromatic heterocycles. The van der Waals surface area contributed by atoms with Crippen molar-refractivity contribution in [1.29, 1.82) is 0 Å². The van der Waals surface area contributed by atoms with Crippen LogP contribution in [0.4, 0.5) is 0 Å². The molecule has 1 aliphatic heterocycles. The molecule has 5 heteroatoms. The molecular formula is C13H22BrN3S. The molecule has 1 aliphatic rings. The lowest BCUT2D eigenvalue weighted by Crippen LogP contribution is -2.34. The highest BCUT2D eigenvalue weighted by Gasteiger charge is 2.28. The van der Waals surface area contributed by atoms with Crippen LogP contribution >= 0.6 is 27.7 Å². The van der Waals surface area contributed by atoms with Gasteiger partial charge >= 0.3 is 0 Å². The summed E-state index contributed by atoms with van der Waals surface area (Å²) in [7, 11) is 2.04. The number of halogens is 1. The van der Waals surface area contributed by atoms with Crippen LogP contribution in [-0.4, -0.2) is 27.3 Å². The van der Waals surface area contributed by atoms with Crippen LogP contribution in [0.3, 0.4) is 0 Å². The van der Waals surface area contributed by atoms with Crippen LogP contribution < -0.4 is 5.32 Å². The predicted octanol–water partition coefficient (Wildman–Crippen LogP) is 3.51. The van der Waals surface area contributed by atoms with Crippen molar-refractivity contribution < 1.29 is 0 Å². The SMILES string of the molecule is CCCNC(c1c(Br)cnn1C)C1CCCCS1. The molecule has 2 atom stereocenters. The summed E-state index contributed by atoms with van der Waals surface area (Å²) in [6.07, 6.45) is 7.11. The monoisotopic (exact) mass is 331 g/mol. The lowest BCUT2D eigenvalue weighted by molar-refractivity contribution is 0.452. The maximum atomic E-state index is 4.36. The summed E-state index contributed by atoms with van der Waals surface area (Å²) >= 11 is 5.76. The second kappa shape index (κ2) is 6.96. The molecule has 0 radical (unpaired) electrons. The van der Waals surface area contributed by atoms with Crippen LogP contribution in [-0.2, 0) is 7.05 Å². The van der Waals surface area contributed by atoms with Gasteiger partial charge in [0.25, 0.3) is 0 Å². The molecule has 1 N–H and O–H groups in total. The van der Waals surface area contributed by atoms with E-state index < -0.39 is 0 Å². The van der Waals surface area contributed by atoms with E-state index in [-0.39, 0.29) is 0 Å². The summed E-state index contributed by atoms with van der Waals surface area (Å²) in [5.74, 6) is 1.30. The van der Waals surface area contributed by atoms with Crippen molar-refractivity contribution in [3.8, 4) is 0 Å². The Morgan fingerprint density at radius 3 is 3.00 bits per heavy atom. The average molecular weight is 332 g/mol. The number of nitrogens with zero attached hydrogens (tertiary/aromatic N) is 2. The molecule has 0 aliphatic carbocycles. The summed E-state index contributed by atoms with van der Waals surface area (Å²) in [4.78, 5) is 0. The van der Waals surface area contributed by atoms with Crippen molar-refractivity contribution in [2.24, 2.45) is 7.05 Å². The lowest BCUT2D eigenvalue weighted by Gasteiger charge is -2.31. The molecule has 0 aromatic carbocycles. The Morgan fingerprint density at radius 2 is 2.44 bits per heavy atom. The average Bonchev–Trinajstić information content (AvgIpc) is 2.72. The van der Waals surface area contributed by atoms with Gasteiger partial charge < -0.3 is 5.32 Å². The summed E-state index contributed by atoms with van der Waals surface area (Å²) in [6, 6.07) is 0.414. The van der Waals surface area contributed by atoms with E-state index in [9.17, 15) is 0 Å². The second-order valence-corrected chi connectivity index (χ2v) is 7.04. The molecule has 1 saturated heterocycles. The van der Waals surface area contributed by atoms with E-state index in [0.29, 0.717) is 11.3 Å². The summed E-state index contributed by atoms with van der Waals surface area (Å²) < 4.78 is 3.14. The van der Waals surface area contributed by atoms with Crippen LogP contribution in [0.15, 0.2) is 10.7 Å². The molecule has 102 valence electrons. The quantitative estimate of drug-likeness (QED) is 0.895. The van der Waals surface area contributed by atoms with Crippen LogP contribution in [0.25, 0.3) is 0 Å². The molecule has 3 nitrogen and oxygen atoms in total. The number of aryl methyl sites for hydroxylation is 1. The largest absolute Gasteiger partial charge is 0.308 e. The molecular weight excluding hydrogens is 310 g/mol. The first kappa shape index (κ1) is 14.4. The molecule has 0 saturated carbocycles. The Balaban J connectivity index is 2.18. The third-order valence-electron chi connectivity index (χ3n) is 3.43. The maximum Gasteiger partial charge on any atom is 0.0703 e. The Labute approximate surface area is 122 Å². The van der Waals surface area contributed by atoms with Crippen LogP contribution in [0.1, 0.15) is 44.3 Å². The third-order valence-corrected chi connectivity index (χ3v) is 5.50. The van der Waals surface area contributed by atoms with Crippen molar-refractivity contribution in [3.05, 3.63) is 16.4 Å². The molecule has 2 heterocycles. The van der Waals surface area contributed by atoms with Crippen molar-refractivity contribution in [2.75, 3.05) is 12.3 Å². The van der Waals surface area contributed by atoms with Crippen molar-refractivity contribution >= 4 is 27.7 Å². The maximum absolute atomic E-state index is 4.36. The van der Waals surface area contributed by atoms with Crippen LogP contribution in [0.5, 0.6) is 0 Å². The molecule has 0 bridgehead atoms. The fourth-order valence-corrected chi connectivity index (χ4v) is 4.52. The number of hydrogen-bond acceptors (Lipinski definition) is 3. The molecule has 2 rings (SSSR count). The minimum atomic E-state index is 0.414. The van der Waals surface area contributed by atoms with Gasteiger partial charge in [0.1, 0.15) is 0 Å². The third kappa shape index (κ3) is 3.31. The topological polar surface area (TPSA) is 29.9 Å². The number of thioether (sulfide) groups is 1. The number of aromatic nitrogens is 2. The Kier molecular flexibility index (Phi) is 5.57. The molecule has 2 unspecified atom stereocenters. The smallest absolute Gasteiger partial charge is 0.0703 e. The molecule has 0 amide bonds. The number of rotatable bonds is 5. The van der Waals surface area contributed by atoms with Gasteiger partial charge in [-0.3, -0.25) is 4.68 Å². The van der Waals surface area contributed by atoms with Crippen LogP contribution in [0.2, 0.25) is 0 Å². The number of nitrogens with one attached hydrogen (secondary N) is 1. The highest BCUT2D eigenvalue weighted by atomic mass is 79.9. The van der Waals surface area contributed by atoms with E-state index in [4.69, 9.17) is 0 Å². The standard InChI is InChI=1S/C13H22BrN3S/c1-3-7-15-12(11-6-4-5-8-18-11)13-10(14)9-16-17(13)2/h9,11-12,15H,3-8H2,1-2H3. The molecule has 1 fully saturated rings. The zero-order valence-electron chi connectivity index (χ0n) is 11.2. The van der Waals surface area contributed by atoms with Gasteiger partial charge in [-0.2, -0.15) is 16.9 Å². The fraction of sp³-hybridized carbons (Fsp3) is 0.769. The van der Waals surface area contributed by atoms with E-state index in [1.165, 1.54) is 37.1 Å². The Morgan fingerprint density at radius 1 is 1.61 bits per heavy atom. The fourth-order valence-electron chi connectivity index (χ4n) is 2.50. The van der Waals surface area contributed by atoms with E-state index in [1.807, 2.05) is 17.9 Å². The van der Waals surface area contributed by atoms with E-state index >= 15 is 0 Å². The highest BCUT2D eigenvalue weighted by molar-refractivity contribution is 9.10. The van der Waals surface area contributed by atoms with Crippen molar-refractivity contribution in [3.63, 3.8) is 0 Å². The van der Waals surface area contributed by atoms with Gasteiger partial charge in [0.15, 0.2) is 0 Å². The van der Waals surface area contributed by atoms with Crippen molar-refractivity contribution in [2.45, 2.75) is 43.9 Å². The van der Waals surface area contributed by atoms with Gasteiger partial charge in [-0.05, 0) is 47.5 Å². The van der Waals surface area contributed by atoms with Gasteiger partial charge in [0, 0.05) is 12.3 Å². The molecule has 18 heavy (non-hydrogen) atoms. The second-order valence-electron chi connectivity index (χ2n) is 4.84. The number of hydrogen-bond donors (Lipinski definition) is 1. The van der Waals surface area contributed by atoms with E-state index in [2.05, 4.69) is 45.0 Å². The highest BCUT2D eigenvalue weighted by Crippen LogP contribution is 2.36. The first-order valence-corrected chi connectivity index (χ1v) is 8.60. The first-order valence-electron chi connectivity index (χ1n) is 6.76. The summed E-state index contributed by atoms with van der Waals surface area (Å²) in [5, 5.41) is 8.75. The first-order chi connectivity index (χ1) is 8.74. The zero-order valence-corrected chi connectivity index (χ0v) is 13.6. The summed E-state index contributed by atoms with van der Waals surface area (Å²) in [6.45, 7) is 3.29. The van der Waals surface area contributed by atoms with Crippen LogP contribution in [0, 0.1) is 0 Å². The Hall–Kier alpha value is -0.000000000000000111. The minimum Gasteiger partial charge on any atom is -0.308 e. The zero-order chi connectivity index (χ0) is 13.0. The van der Waals surface area contributed by atoms with E-state index in [0.717, 1.165) is 11.0 Å². The normalized spacial score (nSPS) is 22.1. The van der Waals surface area contributed by atoms with Gasteiger partial charge in [-0.15, -0.1) is 0 Å². The van der Waals surface area contributed by atoms with E-state index in [1.54, 1.807) is 0 Å². The van der Waals surface area contributed by atoms with Gasteiger partial charge in [0.05, 0.1) is 22.4 Å².